The first kappa shape index (κ1) is 24.9. The van der Waals surface area contributed by atoms with Crippen LogP contribution in [-0.2, 0) is 13.0 Å². The van der Waals surface area contributed by atoms with Crippen molar-refractivity contribution in [3.63, 3.8) is 0 Å². The Kier molecular flexibility index (Phi) is 7.44. The lowest BCUT2D eigenvalue weighted by atomic mass is 9.84. The van der Waals surface area contributed by atoms with Gasteiger partial charge in [-0.2, -0.15) is 0 Å². The van der Waals surface area contributed by atoms with Crippen LogP contribution in [0, 0.1) is 11.8 Å². The molecule has 0 spiro atoms. The Morgan fingerprint density at radius 3 is 2.43 bits per heavy atom. The second-order valence-electron chi connectivity index (χ2n) is 10.5. The van der Waals surface area contributed by atoms with Crippen LogP contribution in [0.5, 0.6) is 0 Å². The number of carbonyl (C=O) groups is 1. The number of aromatic nitrogens is 6. The quantitative estimate of drug-likeness (QED) is 0.299. The van der Waals surface area contributed by atoms with E-state index in [0.29, 0.717) is 30.4 Å². The van der Waals surface area contributed by atoms with E-state index in [1.54, 1.807) is 4.57 Å². The van der Waals surface area contributed by atoms with E-state index in [1.807, 2.05) is 36.4 Å². The van der Waals surface area contributed by atoms with E-state index in [2.05, 4.69) is 51.6 Å². The average Bonchev–Trinajstić information content (AvgIpc) is 3.57. The van der Waals surface area contributed by atoms with E-state index in [9.17, 15) is 9.59 Å². The predicted octanol–water partition coefficient (Wildman–Crippen LogP) is 5.42. The molecule has 2 aromatic carbocycles. The SMILES string of the molecule is CC(C)CCc1c(C(=O)C2CCCCC2)[nH]c(=O)n1Cc1ccc(-c2ccccc2-c2nnn[nH]2)cc1. The summed E-state index contributed by atoms with van der Waals surface area (Å²) in [4.78, 5) is 29.5. The Morgan fingerprint density at radius 2 is 1.76 bits per heavy atom. The molecule has 0 saturated heterocycles. The first-order chi connectivity index (χ1) is 18.0. The van der Waals surface area contributed by atoms with E-state index in [1.165, 1.54) is 6.42 Å². The number of imidazole rings is 1. The van der Waals surface area contributed by atoms with Crippen molar-refractivity contribution in [2.45, 2.75) is 65.3 Å². The molecule has 2 heterocycles. The molecule has 0 aliphatic heterocycles. The van der Waals surface area contributed by atoms with E-state index < -0.39 is 0 Å². The zero-order valence-corrected chi connectivity index (χ0v) is 21.5. The molecule has 0 bridgehead atoms. The maximum Gasteiger partial charge on any atom is 0.326 e. The highest BCUT2D eigenvalue weighted by Gasteiger charge is 2.28. The van der Waals surface area contributed by atoms with Gasteiger partial charge in [0.2, 0.25) is 0 Å². The number of tetrazole rings is 1. The molecule has 2 N–H and O–H groups in total. The molecule has 2 aromatic heterocycles. The lowest BCUT2D eigenvalue weighted by Crippen LogP contribution is -2.20. The molecule has 192 valence electrons. The van der Waals surface area contributed by atoms with Gasteiger partial charge in [-0.25, -0.2) is 9.89 Å². The van der Waals surface area contributed by atoms with Crippen LogP contribution in [0.25, 0.3) is 22.5 Å². The number of Topliss-reactive ketones (excluding diaryl/α,β-unsaturated/α-hetero) is 1. The van der Waals surface area contributed by atoms with Crippen LogP contribution in [0.1, 0.15) is 74.1 Å². The lowest BCUT2D eigenvalue weighted by Gasteiger charge is -2.20. The second kappa shape index (κ2) is 11.1. The van der Waals surface area contributed by atoms with Gasteiger partial charge in [0, 0.05) is 11.5 Å². The van der Waals surface area contributed by atoms with Crippen LogP contribution >= 0.6 is 0 Å². The highest BCUT2D eigenvalue weighted by atomic mass is 16.2. The summed E-state index contributed by atoms with van der Waals surface area (Å²) >= 11 is 0. The Balaban J connectivity index is 1.43. The van der Waals surface area contributed by atoms with Crippen molar-refractivity contribution in [1.82, 2.24) is 30.2 Å². The van der Waals surface area contributed by atoms with Gasteiger partial charge in [0.1, 0.15) is 5.69 Å². The van der Waals surface area contributed by atoms with Gasteiger partial charge >= 0.3 is 5.69 Å². The molecule has 37 heavy (non-hydrogen) atoms. The molecule has 8 heteroatoms. The fraction of sp³-hybridized carbons (Fsp3) is 0.414. The second-order valence-corrected chi connectivity index (χ2v) is 10.5. The number of rotatable bonds is 9. The zero-order chi connectivity index (χ0) is 25.8. The minimum Gasteiger partial charge on any atom is -0.303 e. The third-order valence-electron chi connectivity index (χ3n) is 7.41. The first-order valence-corrected chi connectivity index (χ1v) is 13.3. The van der Waals surface area contributed by atoms with E-state index >= 15 is 0 Å². The maximum absolute atomic E-state index is 13.4. The fourth-order valence-electron chi connectivity index (χ4n) is 5.32. The Bertz CT molecular complexity index is 1390. The minimum atomic E-state index is -0.204. The first-order valence-electron chi connectivity index (χ1n) is 13.3. The van der Waals surface area contributed by atoms with Crippen molar-refractivity contribution in [3.8, 4) is 22.5 Å². The number of nitrogens with one attached hydrogen (secondary N) is 2. The normalized spacial score (nSPS) is 14.4. The molecule has 0 amide bonds. The largest absolute Gasteiger partial charge is 0.326 e. The standard InChI is InChI=1S/C29H34N6O2/c1-19(2)12-17-25-26(27(36)22-8-4-3-5-9-22)30-29(37)35(25)18-20-13-15-21(16-14-20)23-10-6-7-11-24(23)28-31-33-34-32-28/h6-7,10-11,13-16,19,22H,3-5,8-9,12,17-18H2,1-2H3,(H,30,37)(H,31,32,33,34). The van der Waals surface area contributed by atoms with Gasteiger partial charge in [-0.1, -0.05) is 81.6 Å². The number of aromatic amines is 2. The molecular weight excluding hydrogens is 464 g/mol. The molecule has 0 atom stereocenters. The summed E-state index contributed by atoms with van der Waals surface area (Å²) in [5.74, 6) is 1.23. The van der Waals surface area contributed by atoms with Gasteiger partial charge in [-0.05, 0) is 58.7 Å². The van der Waals surface area contributed by atoms with Crippen LogP contribution in [0.4, 0.5) is 0 Å². The molecule has 8 nitrogen and oxygen atoms in total. The van der Waals surface area contributed by atoms with Gasteiger partial charge in [-0.15, -0.1) is 5.10 Å². The summed E-state index contributed by atoms with van der Waals surface area (Å²) in [5, 5.41) is 14.3. The van der Waals surface area contributed by atoms with E-state index in [-0.39, 0.29) is 17.4 Å². The maximum atomic E-state index is 13.4. The van der Waals surface area contributed by atoms with Crippen LogP contribution in [0.15, 0.2) is 53.3 Å². The van der Waals surface area contributed by atoms with Gasteiger partial charge in [0.25, 0.3) is 0 Å². The number of benzene rings is 2. The summed E-state index contributed by atoms with van der Waals surface area (Å²) in [6.45, 7) is 4.76. The summed E-state index contributed by atoms with van der Waals surface area (Å²) in [6.07, 6.45) is 6.84. The molecular formula is C29H34N6O2. The molecule has 5 rings (SSSR count). The summed E-state index contributed by atoms with van der Waals surface area (Å²) in [5.41, 5.74) is 5.15. The number of nitrogens with zero attached hydrogens (tertiary/aromatic N) is 4. The number of hydrogen-bond acceptors (Lipinski definition) is 5. The summed E-state index contributed by atoms with van der Waals surface area (Å²) < 4.78 is 1.77. The van der Waals surface area contributed by atoms with Crippen LogP contribution in [0.3, 0.4) is 0 Å². The highest BCUT2D eigenvalue weighted by molar-refractivity contribution is 5.97. The number of ketones is 1. The smallest absolute Gasteiger partial charge is 0.303 e. The Hall–Kier alpha value is -3.81. The van der Waals surface area contributed by atoms with Gasteiger partial charge < -0.3 is 4.98 Å². The van der Waals surface area contributed by atoms with E-state index in [0.717, 1.165) is 60.1 Å². The topological polar surface area (TPSA) is 109 Å². The molecule has 1 aliphatic rings. The molecule has 1 fully saturated rings. The van der Waals surface area contributed by atoms with Crippen LogP contribution in [-0.4, -0.2) is 36.0 Å². The summed E-state index contributed by atoms with van der Waals surface area (Å²) in [6, 6.07) is 16.2. The third kappa shape index (κ3) is 5.48. The third-order valence-corrected chi connectivity index (χ3v) is 7.41. The lowest BCUT2D eigenvalue weighted by molar-refractivity contribution is 0.0883. The fourth-order valence-corrected chi connectivity index (χ4v) is 5.32. The molecule has 0 radical (unpaired) electrons. The van der Waals surface area contributed by atoms with Crippen molar-refractivity contribution < 1.29 is 4.79 Å². The predicted molar refractivity (Wildman–Crippen MR) is 143 cm³/mol. The summed E-state index contributed by atoms with van der Waals surface area (Å²) in [7, 11) is 0. The van der Waals surface area contributed by atoms with Crippen molar-refractivity contribution in [2.24, 2.45) is 11.8 Å². The van der Waals surface area contributed by atoms with Gasteiger partial charge in [0.05, 0.1) is 12.2 Å². The highest BCUT2D eigenvalue weighted by Crippen LogP contribution is 2.30. The number of H-pyrrole nitrogens is 2. The average molecular weight is 499 g/mol. The minimum absolute atomic E-state index is 0.0250. The monoisotopic (exact) mass is 498 g/mol. The molecule has 0 unspecified atom stereocenters. The van der Waals surface area contributed by atoms with Crippen LogP contribution < -0.4 is 5.69 Å². The Morgan fingerprint density at radius 1 is 1.03 bits per heavy atom. The van der Waals surface area contributed by atoms with Crippen molar-refractivity contribution in [2.75, 3.05) is 0 Å². The van der Waals surface area contributed by atoms with Gasteiger partial charge in [0.15, 0.2) is 11.6 Å². The molecule has 4 aromatic rings. The van der Waals surface area contributed by atoms with E-state index in [4.69, 9.17) is 0 Å². The zero-order valence-electron chi connectivity index (χ0n) is 21.5. The van der Waals surface area contributed by atoms with Crippen molar-refractivity contribution in [1.29, 1.82) is 0 Å². The number of hydrogen-bond donors (Lipinski definition) is 2. The van der Waals surface area contributed by atoms with Crippen molar-refractivity contribution >= 4 is 5.78 Å². The van der Waals surface area contributed by atoms with Crippen molar-refractivity contribution in [3.05, 3.63) is 76.0 Å². The number of carbonyl (C=O) groups excluding carboxylic acids is 1. The Labute approximate surface area is 216 Å². The van der Waals surface area contributed by atoms with Crippen LogP contribution in [0.2, 0.25) is 0 Å². The molecule has 1 aliphatic carbocycles. The van der Waals surface area contributed by atoms with Gasteiger partial charge in [-0.3, -0.25) is 9.36 Å². The molecule has 1 saturated carbocycles.